The van der Waals surface area contributed by atoms with Crippen LogP contribution in [-0.4, -0.2) is 46.6 Å². The molecule has 0 spiro atoms. The first-order valence-corrected chi connectivity index (χ1v) is 11.3. The van der Waals surface area contributed by atoms with Gasteiger partial charge in [-0.3, -0.25) is 9.59 Å². The minimum absolute atomic E-state index is 0.0157. The molecule has 2 N–H and O–H groups in total. The fourth-order valence-corrected chi connectivity index (χ4v) is 3.62. The highest BCUT2D eigenvalue weighted by molar-refractivity contribution is 5.70. The molecule has 0 aromatic heterocycles. The van der Waals surface area contributed by atoms with Crippen LogP contribution < -0.4 is 0 Å². The van der Waals surface area contributed by atoms with Crippen molar-refractivity contribution in [2.75, 3.05) is 0 Å². The number of ether oxygens (including phenoxy) is 2. The van der Waals surface area contributed by atoms with Crippen LogP contribution in [0, 0.1) is 17.8 Å². The largest absolute Gasteiger partial charge is 0.458 e. The summed E-state index contributed by atoms with van der Waals surface area (Å²) < 4.78 is 11.2. The average Bonchev–Trinajstić information content (AvgIpc) is 2.71. The van der Waals surface area contributed by atoms with E-state index in [2.05, 4.69) is 0 Å². The third-order valence-corrected chi connectivity index (χ3v) is 5.81. The van der Waals surface area contributed by atoms with Crippen molar-refractivity contribution in [1.82, 2.24) is 0 Å². The van der Waals surface area contributed by atoms with E-state index in [1.807, 2.05) is 65.0 Å². The maximum absolute atomic E-state index is 12.4. The number of hydrogen-bond acceptors (Lipinski definition) is 6. The number of cyclic esters (lactones) is 1. The lowest BCUT2D eigenvalue weighted by Gasteiger charge is -2.27. The maximum Gasteiger partial charge on any atom is 0.309 e. The molecule has 0 fully saturated rings. The number of hydrogen-bond donors (Lipinski definition) is 2. The summed E-state index contributed by atoms with van der Waals surface area (Å²) in [5, 5.41) is 20.2. The second-order valence-electron chi connectivity index (χ2n) is 8.77. The van der Waals surface area contributed by atoms with Gasteiger partial charge >= 0.3 is 11.9 Å². The summed E-state index contributed by atoms with van der Waals surface area (Å²) in [5.41, 5.74) is 0.851. The molecule has 1 rings (SSSR count). The Labute approximate surface area is 187 Å². The van der Waals surface area contributed by atoms with E-state index < -0.39 is 30.4 Å². The topological polar surface area (TPSA) is 93.1 Å². The van der Waals surface area contributed by atoms with Crippen molar-refractivity contribution in [2.45, 2.75) is 91.6 Å². The first-order valence-electron chi connectivity index (χ1n) is 11.3. The summed E-state index contributed by atoms with van der Waals surface area (Å²) in [6.07, 6.45) is 9.02. The van der Waals surface area contributed by atoms with E-state index in [1.54, 1.807) is 0 Å². The minimum Gasteiger partial charge on any atom is -0.458 e. The lowest BCUT2D eigenvalue weighted by molar-refractivity contribution is -0.151. The Hall–Kier alpha value is -1.92. The summed E-state index contributed by atoms with van der Waals surface area (Å²) in [7, 11) is 0. The van der Waals surface area contributed by atoms with Gasteiger partial charge in [-0.2, -0.15) is 0 Å². The molecule has 1 heterocycles. The van der Waals surface area contributed by atoms with Gasteiger partial charge in [-0.1, -0.05) is 52.0 Å². The molecule has 0 aromatic carbocycles. The van der Waals surface area contributed by atoms with Crippen LogP contribution in [0.5, 0.6) is 0 Å². The number of rotatable bonds is 6. The predicted molar refractivity (Wildman–Crippen MR) is 121 cm³/mol. The van der Waals surface area contributed by atoms with Gasteiger partial charge in [-0.25, -0.2) is 0 Å². The Morgan fingerprint density at radius 3 is 2.58 bits per heavy atom. The van der Waals surface area contributed by atoms with Crippen LogP contribution in [0.1, 0.15) is 67.2 Å². The molecule has 0 amide bonds. The van der Waals surface area contributed by atoms with E-state index >= 15 is 0 Å². The van der Waals surface area contributed by atoms with Crippen molar-refractivity contribution in [3.05, 3.63) is 36.0 Å². The van der Waals surface area contributed by atoms with Gasteiger partial charge in [0.2, 0.25) is 0 Å². The molecular weight excluding hydrogens is 396 g/mol. The summed E-state index contributed by atoms with van der Waals surface area (Å²) >= 11 is 0. The summed E-state index contributed by atoms with van der Waals surface area (Å²) in [4.78, 5) is 23.9. The molecule has 7 unspecified atom stereocenters. The van der Waals surface area contributed by atoms with Gasteiger partial charge in [0.05, 0.1) is 18.6 Å². The SMILES string of the molecule is CCC(O)C(C)/C=C/C=C(\C)C1OC(=O)CC(O)CCC(C)C(OC(C)=O)/C=C\C1C. The molecular formula is C25H40O6. The van der Waals surface area contributed by atoms with Gasteiger partial charge in [0.15, 0.2) is 0 Å². The van der Waals surface area contributed by atoms with Gasteiger partial charge in [-0.15, -0.1) is 0 Å². The number of carbonyl (C=O) groups excluding carboxylic acids is 2. The Morgan fingerprint density at radius 2 is 1.97 bits per heavy atom. The normalized spacial score (nSPS) is 31.8. The fourth-order valence-electron chi connectivity index (χ4n) is 3.62. The lowest BCUT2D eigenvalue weighted by Crippen LogP contribution is -2.30. The molecule has 0 aromatic rings. The molecule has 1 aliphatic heterocycles. The van der Waals surface area contributed by atoms with Gasteiger partial charge in [0, 0.05) is 18.8 Å². The maximum atomic E-state index is 12.4. The van der Waals surface area contributed by atoms with E-state index in [4.69, 9.17) is 9.47 Å². The predicted octanol–water partition coefficient (Wildman–Crippen LogP) is 4.11. The van der Waals surface area contributed by atoms with Crippen molar-refractivity contribution in [3.63, 3.8) is 0 Å². The molecule has 6 heteroatoms. The molecule has 0 bridgehead atoms. The third-order valence-electron chi connectivity index (χ3n) is 5.81. The zero-order valence-corrected chi connectivity index (χ0v) is 19.8. The molecule has 7 atom stereocenters. The van der Waals surface area contributed by atoms with Crippen LogP contribution in [-0.2, 0) is 19.1 Å². The Kier molecular flexibility index (Phi) is 11.8. The quantitative estimate of drug-likeness (QED) is 0.370. The second-order valence-corrected chi connectivity index (χ2v) is 8.77. The third kappa shape index (κ3) is 9.83. The second kappa shape index (κ2) is 13.5. The Bertz CT molecular complexity index is 665. The smallest absolute Gasteiger partial charge is 0.309 e. The van der Waals surface area contributed by atoms with Crippen LogP contribution >= 0.6 is 0 Å². The van der Waals surface area contributed by atoms with Crippen LogP contribution in [0.4, 0.5) is 0 Å². The van der Waals surface area contributed by atoms with Crippen LogP contribution in [0.25, 0.3) is 0 Å². The monoisotopic (exact) mass is 436 g/mol. The highest BCUT2D eigenvalue weighted by Gasteiger charge is 2.26. The zero-order chi connectivity index (χ0) is 23.6. The average molecular weight is 437 g/mol. The number of carbonyl (C=O) groups is 2. The number of aliphatic hydroxyl groups excluding tert-OH is 2. The first-order chi connectivity index (χ1) is 14.5. The highest BCUT2D eigenvalue weighted by Crippen LogP contribution is 2.24. The number of esters is 2. The Morgan fingerprint density at radius 1 is 1.29 bits per heavy atom. The molecule has 176 valence electrons. The summed E-state index contributed by atoms with van der Waals surface area (Å²) in [5.74, 6) is -0.911. The highest BCUT2D eigenvalue weighted by atomic mass is 16.5. The van der Waals surface area contributed by atoms with Crippen molar-refractivity contribution < 1.29 is 29.3 Å². The number of aliphatic hydroxyl groups is 2. The molecule has 0 radical (unpaired) electrons. The van der Waals surface area contributed by atoms with Crippen LogP contribution in [0.3, 0.4) is 0 Å². The zero-order valence-electron chi connectivity index (χ0n) is 19.8. The summed E-state index contributed by atoms with van der Waals surface area (Å²) in [6.45, 7) is 11.1. The molecule has 0 saturated carbocycles. The lowest BCUT2D eigenvalue weighted by atomic mass is 9.92. The van der Waals surface area contributed by atoms with Gasteiger partial charge in [0.25, 0.3) is 0 Å². The van der Waals surface area contributed by atoms with Crippen molar-refractivity contribution in [1.29, 1.82) is 0 Å². The molecule has 0 saturated heterocycles. The van der Waals surface area contributed by atoms with Gasteiger partial charge in [0.1, 0.15) is 12.2 Å². The van der Waals surface area contributed by atoms with E-state index in [1.165, 1.54) is 6.92 Å². The van der Waals surface area contributed by atoms with E-state index in [-0.39, 0.29) is 30.1 Å². The van der Waals surface area contributed by atoms with Crippen molar-refractivity contribution in [2.24, 2.45) is 17.8 Å². The summed E-state index contributed by atoms with van der Waals surface area (Å²) in [6, 6.07) is 0. The molecule has 31 heavy (non-hydrogen) atoms. The fraction of sp³-hybridized carbons (Fsp3) is 0.680. The van der Waals surface area contributed by atoms with E-state index in [9.17, 15) is 19.8 Å². The van der Waals surface area contributed by atoms with Gasteiger partial charge < -0.3 is 19.7 Å². The van der Waals surface area contributed by atoms with Crippen molar-refractivity contribution in [3.8, 4) is 0 Å². The first kappa shape index (κ1) is 27.1. The number of allylic oxidation sites excluding steroid dienone is 2. The van der Waals surface area contributed by atoms with Gasteiger partial charge in [-0.05, 0) is 43.8 Å². The molecule has 6 nitrogen and oxygen atoms in total. The Balaban J connectivity index is 3.12. The minimum atomic E-state index is -0.798. The molecule has 0 aliphatic carbocycles. The molecule has 1 aliphatic rings. The van der Waals surface area contributed by atoms with Crippen LogP contribution in [0.2, 0.25) is 0 Å². The van der Waals surface area contributed by atoms with E-state index in [0.717, 1.165) is 5.57 Å². The van der Waals surface area contributed by atoms with Crippen LogP contribution in [0.15, 0.2) is 36.0 Å². The van der Waals surface area contributed by atoms with E-state index in [0.29, 0.717) is 19.3 Å². The van der Waals surface area contributed by atoms with Crippen molar-refractivity contribution >= 4 is 11.9 Å². The standard InChI is InChI=1S/C25H40O6/c1-7-22(28)16(2)9-8-10-18(4)25-19(5)12-14-23(30-20(6)26)17(3)11-13-21(27)15-24(29)31-25/h8-10,12,14,16-17,19,21-23,25,27-28H,7,11,13,15H2,1-6H3/b9-8+,14-12-,18-10+.